The third kappa shape index (κ3) is 3.38. The van der Waals surface area contributed by atoms with Gasteiger partial charge in [-0.25, -0.2) is 4.39 Å². The first-order valence-electron chi connectivity index (χ1n) is 6.28. The average molecular weight is 339 g/mol. The number of aryl methyl sites for hydroxylation is 1. The fraction of sp³-hybridized carbons (Fsp3) is 0.250. The van der Waals surface area contributed by atoms with Crippen LogP contribution in [-0.4, -0.2) is 12.2 Å². The lowest BCUT2D eigenvalue weighted by Crippen LogP contribution is -2.04. The maximum Gasteiger partial charge on any atom is 0.123 e. The molecule has 0 aliphatic rings. The maximum atomic E-state index is 13.1. The molecule has 0 aliphatic heterocycles. The van der Waals surface area contributed by atoms with Gasteiger partial charge in [0.15, 0.2) is 0 Å². The fourth-order valence-corrected chi connectivity index (χ4v) is 2.62. The predicted octanol–water partition coefficient (Wildman–Crippen LogP) is 4.18. The molecule has 2 aromatic carbocycles. The highest BCUT2D eigenvalue weighted by molar-refractivity contribution is 9.10. The Bertz CT molecular complexity index is 613. The van der Waals surface area contributed by atoms with E-state index in [0.29, 0.717) is 12.2 Å². The fourth-order valence-electron chi connectivity index (χ4n) is 2.11. The van der Waals surface area contributed by atoms with Gasteiger partial charge in [-0.05, 0) is 53.9 Å². The van der Waals surface area contributed by atoms with Gasteiger partial charge in [0, 0.05) is 10.9 Å². The summed E-state index contributed by atoms with van der Waals surface area (Å²) in [6.45, 7) is 1.84. The average Bonchev–Trinajstić information content (AvgIpc) is 2.42. The molecule has 0 spiro atoms. The van der Waals surface area contributed by atoms with E-state index in [-0.39, 0.29) is 5.82 Å². The van der Waals surface area contributed by atoms with E-state index in [1.807, 2.05) is 19.1 Å². The number of aliphatic hydroxyl groups is 1. The Morgan fingerprint density at radius 2 is 2.00 bits per heavy atom. The topological polar surface area (TPSA) is 29.5 Å². The van der Waals surface area contributed by atoms with Crippen molar-refractivity contribution in [2.24, 2.45) is 0 Å². The van der Waals surface area contributed by atoms with Gasteiger partial charge >= 0.3 is 0 Å². The molecule has 1 atom stereocenters. The minimum Gasteiger partial charge on any atom is -0.497 e. The Morgan fingerprint density at radius 3 is 2.65 bits per heavy atom. The summed E-state index contributed by atoms with van der Waals surface area (Å²) in [5.41, 5.74) is 2.52. The zero-order chi connectivity index (χ0) is 14.7. The summed E-state index contributed by atoms with van der Waals surface area (Å²) in [4.78, 5) is 0. The van der Waals surface area contributed by atoms with E-state index < -0.39 is 6.10 Å². The molecule has 0 fully saturated rings. The molecule has 0 aromatic heterocycles. The molecule has 20 heavy (non-hydrogen) atoms. The van der Waals surface area contributed by atoms with Gasteiger partial charge in [0.2, 0.25) is 0 Å². The molecule has 0 aliphatic carbocycles. The highest BCUT2D eigenvalue weighted by atomic mass is 79.9. The van der Waals surface area contributed by atoms with E-state index in [9.17, 15) is 9.50 Å². The number of methoxy groups -OCH3 is 1. The molecule has 2 aromatic rings. The van der Waals surface area contributed by atoms with E-state index >= 15 is 0 Å². The molecule has 0 saturated carbocycles. The molecule has 106 valence electrons. The smallest absolute Gasteiger partial charge is 0.123 e. The quantitative estimate of drug-likeness (QED) is 0.905. The van der Waals surface area contributed by atoms with Crippen LogP contribution < -0.4 is 4.74 Å². The van der Waals surface area contributed by atoms with E-state index in [1.54, 1.807) is 19.2 Å². The van der Waals surface area contributed by atoms with Crippen molar-refractivity contribution in [2.75, 3.05) is 7.11 Å². The normalized spacial score (nSPS) is 12.2. The van der Waals surface area contributed by atoms with Crippen LogP contribution in [0.1, 0.15) is 22.8 Å². The largest absolute Gasteiger partial charge is 0.497 e. The van der Waals surface area contributed by atoms with Gasteiger partial charge in [-0.3, -0.25) is 0 Å². The van der Waals surface area contributed by atoms with E-state index in [2.05, 4.69) is 15.9 Å². The van der Waals surface area contributed by atoms with Gasteiger partial charge in [-0.1, -0.05) is 22.0 Å². The standard InChI is InChI=1S/C16H16BrFO2/c1-10-7-12(18)4-3-11(10)8-16(19)14-9-13(20-2)5-6-15(14)17/h3-7,9,16,19H,8H2,1-2H3. The van der Waals surface area contributed by atoms with Crippen LogP contribution in [0, 0.1) is 12.7 Å². The van der Waals surface area contributed by atoms with Crippen LogP contribution in [0.5, 0.6) is 5.75 Å². The third-order valence-electron chi connectivity index (χ3n) is 3.28. The van der Waals surface area contributed by atoms with Crippen LogP contribution in [0.15, 0.2) is 40.9 Å². The van der Waals surface area contributed by atoms with Crippen molar-refractivity contribution >= 4 is 15.9 Å². The third-order valence-corrected chi connectivity index (χ3v) is 4.00. The lowest BCUT2D eigenvalue weighted by molar-refractivity contribution is 0.177. The highest BCUT2D eigenvalue weighted by Gasteiger charge is 2.14. The van der Waals surface area contributed by atoms with E-state index in [1.165, 1.54) is 12.1 Å². The van der Waals surface area contributed by atoms with Crippen LogP contribution in [0.25, 0.3) is 0 Å². The molecule has 0 heterocycles. The highest BCUT2D eigenvalue weighted by Crippen LogP contribution is 2.30. The summed E-state index contributed by atoms with van der Waals surface area (Å²) in [6.07, 6.45) is -0.249. The van der Waals surface area contributed by atoms with Gasteiger partial charge in [-0.15, -0.1) is 0 Å². The van der Waals surface area contributed by atoms with E-state index in [0.717, 1.165) is 21.2 Å². The Kier molecular flexibility index (Phi) is 4.78. The van der Waals surface area contributed by atoms with Crippen LogP contribution in [0.2, 0.25) is 0 Å². The number of benzene rings is 2. The Balaban J connectivity index is 2.25. The molecular formula is C16H16BrFO2. The van der Waals surface area contributed by atoms with Gasteiger partial charge in [0.25, 0.3) is 0 Å². The van der Waals surface area contributed by atoms with Gasteiger partial charge in [0.1, 0.15) is 11.6 Å². The van der Waals surface area contributed by atoms with Crippen molar-refractivity contribution in [3.8, 4) is 5.75 Å². The molecule has 2 nitrogen and oxygen atoms in total. The van der Waals surface area contributed by atoms with Crippen LogP contribution in [0.3, 0.4) is 0 Å². The second kappa shape index (κ2) is 6.37. The lowest BCUT2D eigenvalue weighted by atomic mass is 9.98. The zero-order valence-electron chi connectivity index (χ0n) is 11.4. The summed E-state index contributed by atoms with van der Waals surface area (Å²) in [5.74, 6) is 0.432. The molecule has 0 bridgehead atoms. The summed E-state index contributed by atoms with van der Waals surface area (Å²) in [5, 5.41) is 10.4. The van der Waals surface area contributed by atoms with Gasteiger partial charge in [0.05, 0.1) is 13.2 Å². The maximum absolute atomic E-state index is 13.1. The first-order valence-corrected chi connectivity index (χ1v) is 7.07. The number of hydrogen-bond acceptors (Lipinski definition) is 2. The Hall–Kier alpha value is -1.39. The monoisotopic (exact) mass is 338 g/mol. The van der Waals surface area contributed by atoms with Gasteiger partial charge in [-0.2, -0.15) is 0 Å². The SMILES string of the molecule is COc1ccc(Br)c(C(O)Cc2ccc(F)cc2C)c1. The van der Waals surface area contributed by atoms with E-state index in [4.69, 9.17) is 4.74 Å². The molecule has 0 saturated heterocycles. The Labute approximate surface area is 126 Å². The zero-order valence-corrected chi connectivity index (χ0v) is 12.9. The van der Waals surface area contributed by atoms with Crippen LogP contribution in [-0.2, 0) is 6.42 Å². The van der Waals surface area contributed by atoms with Crippen LogP contribution in [0.4, 0.5) is 4.39 Å². The molecule has 0 radical (unpaired) electrons. The van der Waals surface area contributed by atoms with Crippen molar-refractivity contribution in [1.29, 1.82) is 0 Å². The lowest BCUT2D eigenvalue weighted by Gasteiger charge is -2.15. The second-order valence-corrected chi connectivity index (χ2v) is 5.53. The molecule has 0 amide bonds. The number of rotatable bonds is 4. The summed E-state index contributed by atoms with van der Waals surface area (Å²) >= 11 is 3.43. The molecule has 1 N–H and O–H groups in total. The van der Waals surface area contributed by atoms with Crippen molar-refractivity contribution < 1.29 is 14.2 Å². The first-order chi connectivity index (χ1) is 9.51. The Morgan fingerprint density at radius 1 is 1.25 bits per heavy atom. The number of aliphatic hydroxyl groups excluding tert-OH is 1. The summed E-state index contributed by atoms with van der Waals surface area (Å²) in [6, 6.07) is 10.1. The van der Waals surface area contributed by atoms with Crippen molar-refractivity contribution in [2.45, 2.75) is 19.4 Å². The minimum atomic E-state index is -0.677. The van der Waals surface area contributed by atoms with Crippen LogP contribution >= 0.6 is 15.9 Å². The van der Waals surface area contributed by atoms with Crippen molar-refractivity contribution in [3.05, 3.63) is 63.4 Å². The summed E-state index contributed by atoms with van der Waals surface area (Å²) < 4.78 is 19.1. The number of halogens is 2. The van der Waals surface area contributed by atoms with Crippen molar-refractivity contribution in [1.82, 2.24) is 0 Å². The van der Waals surface area contributed by atoms with Crippen molar-refractivity contribution in [3.63, 3.8) is 0 Å². The second-order valence-electron chi connectivity index (χ2n) is 4.68. The molecule has 2 rings (SSSR count). The molecular weight excluding hydrogens is 323 g/mol. The number of ether oxygens (including phenoxy) is 1. The van der Waals surface area contributed by atoms with Gasteiger partial charge < -0.3 is 9.84 Å². The molecule has 4 heteroatoms. The minimum absolute atomic E-state index is 0.261. The number of hydrogen-bond donors (Lipinski definition) is 1. The summed E-state index contributed by atoms with van der Waals surface area (Å²) in [7, 11) is 1.59. The molecule has 1 unspecified atom stereocenters. The first kappa shape index (κ1) is 15.0. The predicted molar refractivity (Wildman–Crippen MR) is 80.5 cm³/mol.